The molecule has 26 heteroatoms. The van der Waals surface area contributed by atoms with Gasteiger partial charge in [0.15, 0.2) is 35.3 Å². The van der Waals surface area contributed by atoms with Gasteiger partial charge < -0.3 is 58.1 Å². The van der Waals surface area contributed by atoms with Crippen molar-refractivity contribution >= 4 is 121 Å². The SMILES string of the molecule is C=C(/C=C\C(=C)C(=O)CC(=O)Cc1cc(CC(=C)c2ccco2)ccc1OC)OCc1ccccc1.C=C(CCc1ccc(C)cc1)NNC(=O)c1c[nH]c2ccccc12.COc1cc(C=O)ccc1OCC(=O)N1CCc2ccccc21.O=C(CC1(O)C(=O)Nc2ccccc21)c1cccc(-n2cccc2)c1.O=C(CSC1=NN=C(c2ccco2)C1)N1c2ccccc2Sc2ccccc21. The molecule has 0 spiro atoms. The van der Waals surface area contributed by atoms with Crippen molar-refractivity contribution in [3.8, 4) is 22.9 Å². The van der Waals surface area contributed by atoms with Crippen LogP contribution in [0.2, 0.25) is 0 Å². The molecule has 0 saturated heterocycles. The lowest BCUT2D eigenvalue weighted by atomic mass is 9.88. The van der Waals surface area contributed by atoms with Gasteiger partial charge in [-0.25, -0.2) is 0 Å². The summed E-state index contributed by atoms with van der Waals surface area (Å²) in [5, 5.41) is 23.6. The second-order valence-electron chi connectivity index (χ2n) is 31.8. The summed E-state index contributed by atoms with van der Waals surface area (Å²) < 4.78 is 34.4. The minimum Gasteiger partial charge on any atom is -0.496 e. The zero-order valence-corrected chi connectivity index (χ0v) is 76.8. The highest BCUT2D eigenvalue weighted by atomic mass is 32.2. The number of hydrogen-bond acceptors (Lipinski definition) is 20. The van der Waals surface area contributed by atoms with Gasteiger partial charge in [-0.15, -0.1) is 5.10 Å². The average molecular weight is 1850 g/mol. The molecule has 1 atom stereocenters. The molecule has 0 fully saturated rings. The molecule has 18 rings (SSSR count). The lowest BCUT2D eigenvalue weighted by Gasteiger charge is -2.30. The third kappa shape index (κ3) is 25.0. The highest BCUT2D eigenvalue weighted by Crippen LogP contribution is 2.48. The van der Waals surface area contributed by atoms with Crippen molar-refractivity contribution < 1.29 is 71.2 Å². The number of allylic oxidation sites excluding steroid dienone is 5. The van der Waals surface area contributed by atoms with E-state index in [0.29, 0.717) is 94.0 Å². The van der Waals surface area contributed by atoms with Crippen molar-refractivity contribution in [1.29, 1.82) is 0 Å². The van der Waals surface area contributed by atoms with Gasteiger partial charge >= 0.3 is 0 Å². The monoisotopic (exact) mass is 1850 g/mol. The number of furan rings is 2. The predicted octanol–water partition coefficient (Wildman–Crippen LogP) is 21.0. The predicted molar refractivity (Wildman–Crippen MR) is 533 cm³/mol. The van der Waals surface area contributed by atoms with Crippen LogP contribution in [0.5, 0.6) is 17.2 Å². The Bertz CT molecular complexity index is 6770. The molecule has 10 aromatic carbocycles. The number of para-hydroxylation sites is 5. The summed E-state index contributed by atoms with van der Waals surface area (Å²) >= 11 is 3.12. The number of ketones is 3. The minimum absolute atomic E-state index is 0.0272. The molecule has 686 valence electrons. The number of anilines is 4. The summed E-state index contributed by atoms with van der Waals surface area (Å²) in [4.78, 5) is 108. The van der Waals surface area contributed by atoms with Crippen molar-refractivity contribution in [3.63, 3.8) is 0 Å². The summed E-state index contributed by atoms with van der Waals surface area (Å²) in [6, 6.07) is 85.4. The first-order chi connectivity index (χ1) is 66.1. The number of aldehydes is 1. The maximum Gasteiger partial charge on any atom is 0.271 e. The lowest BCUT2D eigenvalue weighted by Crippen LogP contribution is -2.36. The highest BCUT2D eigenvalue weighted by molar-refractivity contribution is 8.14. The standard InChI is InChI=1S/C31H30O5.C21H15N3O2S2.C20H21N3O.C20H16N2O3.C18H17NO4/c1-22(12-13-24(3)36-21-25-9-6-5-7-10-25)29(33)20-28(32)19-27-18-26(14-15-31(27)34-4)17-23(2)30-11-8-16-35-30;25-21(13-27-20-12-14(22-23-20)17-8-5-11-26-17)24-15-6-1-3-9-18(15)28-19-10-4-2-7-16(19)24;1-14-7-10-16(11-8-14)12-9-15(2)22-23-20(24)18-13-21-19-6-4-3-5-17(18)19;23-18(14-6-5-7-15(12-14)22-10-3-4-11-22)13-20(25)16-8-1-2-9-17(16)21-19(20)24;1-22-17-10-13(11-20)6-7-16(17)23-12-18(21)19-9-8-14-4-2-3-5-15(14)19/h5-16,18H,1-3,17,19-21H2,4H3;1-11H,12-13H2;3-8,10-11,13,21-22H,2,9,12H2,1H3,(H,23,24);1-12,25H,13H2,(H,21,24);2-7,10-11H,8-9,12H2,1H3/b13-12-;;;;. The van der Waals surface area contributed by atoms with Crippen LogP contribution in [0, 0.1) is 6.92 Å². The summed E-state index contributed by atoms with van der Waals surface area (Å²) in [5.41, 5.74) is 19.9. The van der Waals surface area contributed by atoms with E-state index >= 15 is 0 Å². The molecular weight excluding hydrogens is 1750 g/mol. The van der Waals surface area contributed by atoms with E-state index in [4.69, 9.17) is 27.8 Å². The zero-order chi connectivity index (χ0) is 95.5. The number of fused-ring (bicyclic) bond motifs is 5. The van der Waals surface area contributed by atoms with Crippen molar-refractivity contribution in [1.82, 2.24) is 20.4 Å². The number of ether oxygens (including phenoxy) is 4. The van der Waals surface area contributed by atoms with Gasteiger partial charge in [-0.1, -0.05) is 213 Å². The summed E-state index contributed by atoms with van der Waals surface area (Å²) in [5.74, 6) is 1.92. The number of carbonyl (C=O) groups is 8. The van der Waals surface area contributed by atoms with Gasteiger partial charge in [-0.3, -0.25) is 48.7 Å². The van der Waals surface area contributed by atoms with Crippen LogP contribution in [0.15, 0.2) is 388 Å². The first-order valence-corrected chi connectivity index (χ1v) is 45.4. The Labute approximate surface area is 795 Å². The van der Waals surface area contributed by atoms with Crippen LogP contribution in [0.25, 0.3) is 22.2 Å². The number of H-pyrrole nitrogens is 1. The van der Waals surface area contributed by atoms with Crippen molar-refractivity contribution in [3.05, 3.63) is 427 Å². The number of methoxy groups -OCH3 is 2. The number of amides is 4. The van der Waals surface area contributed by atoms with E-state index in [0.717, 1.165) is 108 Å². The van der Waals surface area contributed by atoms with Gasteiger partial charge in [0, 0.05) is 116 Å². The van der Waals surface area contributed by atoms with Crippen LogP contribution in [-0.4, -0.2) is 106 Å². The molecule has 4 aromatic heterocycles. The van der Waals surface area contributed by atoms with Crippen LogP contribution in [0.1, 0.15) is 107 Å². The number of hydrazine groups is 1. The third-order valence-electron chi connectivity index (χ3n) is 22.3. The Morgan fingerprint density at radius 2 is 1.34 bits per heavy atom. The zero-order valence-electron chi connectivity index (χ0n) is 75.1. The number of nitrogens with one attached hydrogen (secondary N) is 4. The molecule has 136 heavy (non-hydrogen) atoms. The number of aromatic amines is 1. The Morgan fingerprint density at radius 3 is 2.07 bits per heavy atom. The molecule has 14 aromatic rings. The molecule has 0 saturated carbocycles. The van der Waals surface area contributed by atoms with Gasteiger partial charge in [-0.2, -0.15) is 5.10 Å². The van der Waals surface area contributed by atoms with Gasteiger partial charge in [0.05, 0.1) is 62.3 Å². The van der Waals surface area contributed by atoms with Crippen LogP contribution >= 0.6 is 23.5 Å². The minimum atomic E-state index is -1.84. The first-order valence-electron chi connectivity index (χ1n) is 43.6. The average Bonchev–Trinajstić information content (AvgIpc) is 1.49. The molecule has 24 nitrogen and oxygen atoms in total. The molecule has 4 amide bonds. The molecule has 1 unspecified atom stereocenters. The number of thioether (sulfide) groups is 1. The Balaban J connectivity index is 0.000000137. The molecule has 4 aliphatic rings. The molecule has 8 heterocycles. The molecule has 5 N–H and O–H groups in total. The number of nitrogens with zero attached hydrogens (tertiary/aromatic N) is 5. The molecule has 4 aliphatic heterocycles. The van der Waals surface area contributed by atoms with Crippen molar-refractivity contribution in [2.75, 3.05) is 48.2 Å². The quantitative estimate of drug-likeness (QED) is 0.00497. The number of hydrogen-bond donors (Lipinski definition) is 5. The van der Waals surface area contributed by atoms with E-state index in [1.165, 1.54) is 41.6 Å². The molecular formula is C110H99N9O15S2. The van der Waals surface area contributed by atoms with E-state index in [9.17, 15) is 43.5 Å². The Morgan fingerprint density at radius 1 is 0.647 bits per heavy atom. The van der Waals surface area contributed by atoms with Gasteiger partial charge in [0.25, 0.3) is 17.7 Å². The summed E-state index contributed by atoms with van der Waals surface area (Å²) in [6.45, 7) is 18.7. The second kappa shape index (κ2) is 46.3. The van der Waals surface area contributed by atoms with Gasteiger partial charge in [-0.05, 0) is 181 Å². The second-order valence-corrected chi connectivity index (χ2v) is 34.0. The molecule has 0 radical (unpaired) electrons. The first kappa shape index (κ1) is 95.9. The fraction of sp³-hybridized carbons (Fsp3) is 0.145. The fourth-order valence-corrected chi connectivity index (χ4v) is 17.0. The van der Waals surface area contributed by atoms with Crippen molar-refractivity contribution in [2.45, 2.75) is 80.3 Å². The van der Waals surface area contributed by atoms with Crippen molar-refractivity contribution in [2.24, 2.45) is 10.2 Å². The highest BCUT2D eigenvalue weighted by Gasteiger charge is 2.47. The fourth-order valence-electron chi connectivity index (χ4n) is 15.2. The molecule has 0 bridgehead atoms. The van der Waals surface area contributed by atoms with Crippen LogP contribution < -0.4 is 40.2 Å². The Kier molecular flexibility index (Phi) is 32.6. The summed E-state index contributed by atoms with van der Waals surface area (Å²) in [7, 11) is 3.05. The van der Waals surface area contributed by atoms with Crippen LogP contribution in [-0.2, 0) is 66.6 Å². The number of aliphatic hydroxyl groups is 1. The molecule has 0 aliphatic carbocycles. The van der Waals surface area contributed by atoms with E-state index in [-0.39, 0.29) is 66.5 Å². The number of benzene rings is 10. The largest absolute Gasteiger partial charge is 0.496 e. The maximum atomic E-state index is 13.2. The third-order valence-corrected chi connectivity index (χ3v) is 24.4. The number of Topliss-reactive ketones (excluding diaryl/α,β-unsaturated/α-hetero) is 3. The summed E-state index contributed by atoms with van der Waals surface area (Å²) in [6.07, 6.45) is 15.7. The van der Waals surface area contributed by atoms with E-state index in [1.54, 1.807) is 109 Å². The van der Waals surface area contributed by atoms with Crippen LogP contribution in [0.4, 0.5) is 22.7 Å². The van der Waals surface area contributed by atoms with Crippen LogP contribution in [0.3, 0.4) is 0 Å². The number of aryl methyl sites for hydroxylation is 2. The normalized spacial score (nSPS) is 13.3. The lowest BCUT2D eigenvalue weighted by molar-refractivity contribution is -0.133. The van der Waals surface area contributed by atoms with Gasteiger partial charge in [0.1, 0.15) is 52.5 Å². The van der Waals surface area contributed by atoms with E-state index < -0.39 is 11.5 Å². The number of carbonyl (C=O) groups excluding carboxylic acids is 8. The number of rotatable bonds is 32. The maximum absolute atomic E-state index is 13.2. The smallest absolute Gasteiger partial charge is 0.271 e. The van der Waals surface area contributed by atoms with E-state index in [1.807, 2.05) is 210 Å². The van der Waals surface area contributed by atoms with Gasteiger partial charge in [0.2, 0.25) is 5.91 Å². The van der Waals surface area contributed by atoms with E-state index in [2.05, 4.69) is 88.9 Å². The Hall–Kier alpha value is -16.2. The number of aromatic nitrogens is 2. The topological polar surface area (TPSA) is 308 Å².